The molecule has 1 heterocycles. The molecule has 0 unspecified atom stereocenters. The highest BCUT2D eigenvalue weighted by Crippen LogP contribution is 2.19. The van der Waals surface area contributed by atoms with Gasteiger partial charge in [0.15, 0.2) is 5.69 Å². The van der Waals surface area contributed by atoms with Gasteiger partial charge >= 0.3 is 5.97 Å². The van der Waals surface area contributed by atoms with Gasteiger partial charge in [-0.05, 0) is 50.1 Å². The number of hydrogen-bond donors (Lipinski definition) is 0. The number of carbonyl (C=O) groups excluding carboxylic acids is 1. The van der Waals surface area contributed by atoms with Crippen LogP contribution in [0.3, 0.4) is 0 Å². The summed E-state index contributed by atoms with van der Waals surface area (Å²) in [5, 5.41) is 8.65. The maximum atomic E-state index is 12.3. The summed E-state index contributed by atoms with van der Waals surface area (Å²) in [6, 6.07) is 13.3. The number of benzene rings is 2. The lowest BCUT2D eigenvalue weighted by Crippen LogP contribution is -2.08. The van der Waals surface area contributed by atoms with Crippen molar-refractivity contribution in [2.24, 2.45) is 0 Å². The monoisotopic (exact) mass is 355 g/mol. The molecule has 0 spiro atoms. The van der Waals surface area contributed by atoms with Crippen molar-refractivity contribution in [1.29, 1.82) is 0 Å². The van der Waals surface area contributed by atoms with E-state index < -0.39 is 5.97 Å². The Hall–Kier alpha value is -2.66. The normalized spacial score (nSPS) is 10.7. The molecule has 0 aliphatic heterocycles. The van der Waals surface area contributed by atoms with Gasteiger partial charge in [0.1, 0.15) is 6.61 Å². The van der Waals surface area contributed by atoms with Crippen molar-refractivity contribution in [2.75, 3.05) is 0 Å². The SMILES string of the molecule is Cc1cc(C)cc(-n2nnc(C(=O)OCc3ccccc3Cl)c2C)c1. The van der Waals surface area contributed by atoms with Crippen LogP contribution in [-0.2, 0) is 11.3 Å². The Morgan fingerprint density at radius 2 is 1.80 bits per heavy atom. The zero-order valence-corrected chi connectivity index (χ0v) is 15.0. The number of esters is 1. The minimum absolute atomic E-state index is 0.0916. The van der Waals surface area contributed by atoms with E-state index in [1.807, 2.05) is 44.2 Å². The van der Waals surface area contributed by atoms with Crippen molar-refractivity contribution in [2.45, 2.75) is 27.4 Å². The summed E-state index contributed by atoms with van der Waals surface area (Å²) < 4.78 is 6.98. The Balaban J connectivity index is 1.81. The van der Waals surface area contributed by atoms with E-state index in [0.717, 1.165) is 22.4 Å². The third kappa shape index (κ3) is 3.72. The molecule has 0 bridgehead atoms. The molecular formula is C19H18ClN3O2. The van der Waals surface area contributed by atoms with Crippen molar-refractivity contribution in [3.63, 3.8) is 0 Å². The van der Waals surface area contributed by atoms with Gasteiger partial charge in [0.2, 0.25) is 0 Å². The van der Waals surface area contributed by atoms with E-state index in [4.69, 9.17) is 16.3 Å². The first-order valence-electron chi connectivity index (χ1n) is 7.87. The molecule has 1 aromatic heterocycles. The van der Waals surface area contributed by atoms with Crippen molar-refractivity contribution in [3.05, 3.63) is 75.6 Å². The summed E-state index contributed by atoms with van der Waals surface area (Å²) >= 11 is 6.08. The molecule has 0 saturated heterocycles. The third-order valence-corrected chi connectivity index (χ3v) is 4.22. The quantitative estimate of drug-likeness (QED) is 0.658. The number of hydrogen-bond acceptors (Lipinski definition) is 4. The second kappa shape index (κ2) is 7.07. The van der Waals surface area contributed by atoms with E-state index in [0.29, 0.717) is 10.7 Å². The van der Waals surface area contributed by atoms with Gasteiger partial charge in [-0.15, -0.1) is 5.10 Å². The van der Waals surface area contributed by atoms with Crippen LogP contribution < -0.4 is 0 Å². The van der Waals surface area contributed by atoms with Crippen LogP contribution in [0.5, 0.6) is 0 Å². The molecular weight excluding hydrogens is 338 g/mol. The first kappa shape index (κ1) is 17.2. The summed E-state index contributed by atoms with van der Waals surface area (Å²) in [6.07, 6.45) is 0. The molecule has 3 rings (SSSR count). The van der Waals surface area contributed by atoms with Crippen molar-refractivity contribution >= 4 is 17.6 Å². The van der Waals surface area contributed by atoms with Crippen LogP contribution in [0, 0.1) is 20.8 Å². The fourth-order valence-electron chi connectivity index (χ4n) is 2.66. The first-order valence-corrected chi connectivity index (χ1v) is 8.25. The van der Waals surface area contributed by atoms with Gasteiger partial charge in [-0.3, -0.25) is 0 Å². The summed E-state index contributed by atoms with van der Waals surface area (Å²) in [5.41, 5.74) is 4.69. The molecule has 0 radical (unpaired) electrons. The molecule has 25 heavy (non-hydrogen) atoms. The van der Waals surface area contributed by atoms with E-state index in [1.54, 1.807) is 17.7 Å². The topological polar surface area (TPSA) is 57.0 Å². The fourth-order valence-corrected chi connectivity index (χ4v) is 2.85. The highest BCUT2D eigenvalue weighted by molar-refractivity contribution is 6.31. The summed E-state index contributed by atoms with van der Waals surface area (Å²) in [7, 11) is 0. The second-order valence-electron chi connectivity index (χ2n) is 5.95. The van der Waals surface area contributed by atoms with Gasteiger partial charge in [-0.25, -0.2) is 9.48 Å². The van der Waals surface area contributed by atoms with Gasteiger partial charge in [0, 0.05) is 10.6 Å². The number of aromatic nitrogens is 3. The van der Waals surface area contributed by atoms with Crippen LogP contribution >= 0.6 is 11.6 Å². The van der Waals surface area contributed by atoms with Crippen LogP contribution in [0.15, 0.2) is 42.5 Å². The van der Waals surface area contributed by atoms with Crippen LogP contribution in [0.2, 0.25) is 5.02 Å². The van der Waals surface area contributed by atoms with Gasteiger partial charge in [-0.1, -0.05) is 41.1 Å². The lowest BCUT2D eigenvalue weighted by molar-refractivity contribution is 0.0465. The molecule has 0 fully saturated rings. The van der Waals surface area contributed by atoms with E-state index >= 15 is 0 Å². The summed E-state index contributed by atoms with van der Waals surface area (Å²) in [6.45, 7) is 5.92. The Morgan fingerprint density at radius 1 is 1.12 bits per heavy atom. The Kier molecular flexibility index (Phi) is 4.86. The Bertz CT molecular complexity index is 914. The maximum absolute atomic E-state index is 12.3. The predicted octanol–water partition coefficient (Wildman–Crippen LogP) is 4.20. The highest BCUT2D eigenvalue weighted by Gasteiger charge is 2.19. The number of ether oxygens (including phenoxy) is 1. The van der Waals surface area contributed by atoms with Crippen LogP contribution in [0.4, 0.5) is 0 Å². The molecule has 3 aromatic rings. The zero-order valence-electron chi connectivity index (χ0n) is 14.3. The standard InChI is InChI=1S/C19H18ClN3O2/c1-12-8-13(2)10-16(9-12)23-14(3)18(21-22-23)19(24)25-11-15-6-4-5-7-17(15)20/h4-10H,11H2,1-3H3. The number of carbonyl (C=O) groups is 1. The molecule has 6 heteroatoms. The Morgan fingerprint density at radius 3 is 2.48 bits per heavy atom. The van der Waals surface area contributed by atoms with Crippen LogP contribution in [-0.4, -0.2) is 21.0 Å². The van der Waals surface area contributed by atoms with Gasteiger partial charge in [0.05, 0.1) is 11.4 Å². The smallest absolute Gasteiger partial charge is 0.361 e. The average Bonchev–Trinajstić information content (AvgIpc) is 2.94. The zero-order chi connectivity index (χ0) is 18.0. The number of nitrogens with zero attached hydrogens (tertiary/aromatic N) is 3. The summed E-state index contributed by atoms with van der Waals surface area (Å²) in [4.78, 5) is 12.3. The minimum Gasteiger partial charge on any atom is -0.456 e. The molecule has 0 aliphatic rings. The predicted molar refractivity (Wildman–Crippen MR) is 96.1 cm³/mol. The van der Waals surface area contributed by atoms with Crippen molar-refractivity contribution < 1.29 is 9.53 Å². The molecule has 128 valence electrons. The third-order valence-electron chi connectivity index (χ3n) is 3.86. The van der Waals surface area contributed by atoms with Gasteiger partial charge in [-0.2, -0.15) is 0 Å². The molecule has 0 saturated carbocycles. The first-order chi connectivity index (χ1) is 12.0. The van der Waals surface area contributed by atoms with Crippen molar-refractivity contribution in [3.8, 4) is 5.69 Å². The Labute approximate surface area is 151 Å². The lowest BCUT2D eigenvalue weighted by atomic mass is 10.1. The molecule has 2 aromatic carbocycles. The second-order valence-corrected chi connectivity index (χ2v) is 6.36. The molecule has 0 N–H and O–H groups in total. The lowest BCUT2D eigenvalue weighted by Gasteiger charge is -2.07. The minimum atomic E-state index is -0.520. The van der Waals surface area contributed by atoms with Crippen LogP contribution in [0.1, 0.15) is 32.9 Å². The number of halogens is 1. The van der Waals surface area contributed by atoms with Gasteiger partial charge < -0.3 is 4.74 Å². The average molecular weight is 356 g/mol. The largest absolute Gasteiger partial charge is 0.456 e. The molecule has 0 aliphatic carbocycles. The van der Waals surface area contributed by atoms with E-state index in [-0.39, 0.29) is 12.3 Å². The highest BCUT2D eigenvalue weighted by atomic mass is 35.5. The van der Waals surface area contributed by atoms with E-state index in [1.165, 1.54) is 0 Å². The maximum Gasteiger partial charge on any atom is 0.361 e. The fraction of sp³-hybridized carbons (Fsp3) is 0.211. The molecule has 0 atom stereocenters. The molecule has 5 nitrogen and oxygen atoms in total. The molecule has 0 amide bonds. The summed E-state index contributed by atoms with van der Waals surface area (Å²) in [5.74, 6) is -0.520. The van der Waals surface area contributed by atoms with Crippen LogP contribution in [0.25, 0.3) is 5.69 Å². The number of aryl methyl sites for hydroxylation is 2. The van der Waals surface area contributed by atoms with Gasteiger partial charge in [0.25, 0.3) is 0 Å². The van der Waals surface area contributed by atoms with E-state index in [9.17, 15) is 4.79 Å². The van der Waals surface area contributed by atoms with E-state index in [2.05, 4.69) is 16.4 Å². The van der Waals surface area contributed by atoms with Crippen molar-refractivity contribution in [1.82, 2.24) is 15.0 Å². The number of rotatable bonds is 4.